The van der Waals surface area contributed by atoms with Gasteiger partial charge in [0.05, 0.1) is 7.11 Å². The molecule has 126 valence electrons. The molecule has 0 saturated carbocycles. The number of methoxy groups -OCH3 is 1. The van der Waals surface area contributed by atoms with Crippen molar-refractivity contribution >= 4 is 5.97 Å². The van der Waals surface area contributed by atoms with Gasteiger partial charge in [0.1, 0.15) is 11.4 Å². The van der Waals surface area contributed by atoms with E-state index in [1.165, 1.54) is 35.9 Å². The zero-order valence-corrected chi connectivity index (χ0v) is 13.8. The Morgan fingerprint density at radius 3 is 2.28 bits per heavy atom. The third-order valence-electron chi connectivity index (χ3n) is 4.05. The van der Waals surface area contributed by atoms with Crippen LogP contribution in [0, 0.1) is 12.7 Å². The number of aromatic nitrogens is 1. The fourth-order valence-electron chi connectivity index (χ4n) is 2.74. The highest BCUT2D eigenvalue weighted by atomic mass is 19.1. The monoisotopic (exact) mass is 337 g/mol. The predicted octanol–water partition coefficient (Wildman–Crippen LogP) is 3.74. The SMILES string of the molecule is COC(=O)c1c(C)c(-c2ccccc2)cn(-c2ccc(F)cc2)c1=O. The van der Waals surface area contributed by atoms with Crippen LogP contribution in [0.2, 0.25) is 0 Å². The van der Waals surface area contributed by atoms with Gasteiger partial charge < -0.3 is 4.74 Å². The summed E-state index contributed by atoms with van der Waals surface area (Å²) in [6.45, 7) is 1.71. The largest absolute Gasteiger partial charge is 0.465 e. The third kappa shape index (κ3) is 3.08. The Hall–Kier alpha value is -3.21. The van der Waals surface area contributed by atoms with Gasteiger partial charge in [-0.25, -0.2) is 9.18 Å². The lowest BCUT2D eigenvalue weighted by Crippen LogP contribution is -2.27. The summed E-state index contributed by atoms with van der Waals surface area (Å²) >= 11 is 0. The molecule has 1 aromatic heterocycles. The number of carbonyl (C=O) groups excluding carboxylic acids is 1. The zero-order chi connectivity index (χ0) is 18.0. The average Bonchev–Trinajstić information content (AvgIpc) is 2.63. The van der Waals surface area contributed by atoms with Gasteiger partial charge in [-0.05, 0) is 42.3 Å². The molecular formula is C20H16FNO3. The van der Waals surface area contributed by atoms with Gasteiger partial charge in [0.15, 0.2) is 0 Å². The molecule has 25 heavy (non-hydrogen) atoms. The molecule has 1 heterocycles. The van der Waals surface area contributed by atoms with Gasteiger partial charge >= 0.3 is 5.97 Å². The van der Waals surface area contributed by atoms with Crippen molar-refractivity contribution in [2.45, 2.75) is 6.92 Å². The van der Waals surface area contributed by atoms with E-state index in [-0.39, 0.29) is 5.56 Å². The third-order valence-corrected chi connectivity index (χ3v) is 4.05. The van der Waals surface area contributed by atoms with Crippen LogP contribution in [0.3, 0.4) is 0 Å². The first-order valence-corrected chi connectivity index (χ1v) is 7.69. The molecule has 0 bridgehead atoms. The minimum atomic E-state index is -0.698. The lowest BCUT2D eigenvalue weighted by molar-refractivity contribution is 0.0597. The van der Waals surface area contributed by atoms with Crippen LogP contribution in [0.5, 0.6) is 0 Å². The summed E-state index contributed by atoms with van der Waals surface area (Å²) in [5.41, 5.74) is 2.06. The second kappa shape index (κ2) is 6.73. The van der Waals surface area contributed by atoms with E-state index in [1.807, 2.05) is 30.3 Å². The Morgan fingerprint density at radius 2 is 1.68 bits per heavy atom. The van der Waals surface area contributed by atoms with Gasteiger partial charge in [0.2, 0.25) is 0 Å². The highest BCUT2D eigenvalue weighted by Gasteiger charge is 2.21. The van der Waals surface area contributed by atoms with Crippen molar-refractivity contribution in [3.05, 3.63) is 88.1 Å². The lowest BCUT2D eigenvalue weighted by Gasteiger charge is -2.15. The molecule has 2 aromatic carbocycles. The van der Waals surface area contributed by atoms with E-state index < -0.39 is 17.3 Å². The summed E-state index contributed by atoms with van der Waals surface area (Å²) in [6.07, 6.45) is 1.66. The lowest BCUT2D eigenvalue weighted by atomic mass is 9.98. The van der Waals surface area contributed by atoms with Crippen molar-refractivity contribution < 1.29 is 13.9 Å². The van der Waals surface area contributed by atoms with E-state index in [4.69, 9.17) is 4.74 Å². The fourth-order valence-corrected chi connectivity index (χ4v) is 2.74. The summed E-state index contributed by atoms with van der Waals surface area (Å²) < 4.78 is 19.3. The number of hydrogen-bond donors (Lipinski definition) is 0. The standard InChI is InChI=1S/C20H16FNO3/c1-13-17(14-6-4-3-5-7-14)12-22(16-10-8-15(21)9-11-16)19(23)18(13)20(24)25-2/h3-12H,1-2H3. The number of ether oxygens (including phenoxy) is 1. The van der Waals surface area contributed by atoms with Crippen molar-refractivity contribution in [1.29, 1.82) is 0 Å². The topological polar surface area (TPSA) is 48.3 Å². The summed E-state index contributed by atoms with van der Waals surface area (Å²) in [4.78, 5) is 25.0. The van der Waals surface area contributed by atoms with Gasteiger partial charge in [-0.2, -0.15) is 0 Å². The fraction of sp³-hybridized carbons (Fsp3) is 0.100. The molecule has 0 unspecified atom stereocenters. The molecule has 0 amide bonds. The summed E-state index contributed by atoms with van der Waals surface area (Å²) in [5.74, 6) is -1.10. The van der Waals surface area contributed by atoms with Gasteiger partial charge in [0.25, 0.3) is 5.56 Å². The van der Waals surface area contributed by atoms with Gasteiger partial charge in [-0.1, -0.05) is 30.3 Å². The normalized spacial score (nSPS) is 10.5. The molecule has 0 fully saturated rings. The van der Waals surface area contributed by atoms with Crippen LogP contribution in [0.1, 0.15) is 15.9 Å². The molecule has 4 nitrogen and oxygen atoms in total. The number of hydrogen-bond acceptors (Lipinski definition) is 3. The van der Waals surface area contributed by atoms with Crippen LogP contribution in [0.25, 0.3) is 16.8 Å². The smallest absolute Gasteiger partial charge is 0.343 e. The van der Waals surface area contributed by atoms with Crippen molar-refractivity contribution in [3.63, 3.8) is 0 Å². The van der Waals surface area contributed by atoms with Crippen LogP contribution in [-0.4, -0.2) is 17.6 Å². The first kappa shape index (κ1) is 16.6. The highest BCUT2D eigenvalue weighted by Crippen LogP contribution is 2.25. The molecule has 0 saturated heterocycles. The summed E-state index contributed by atoms with van der Waals surface area (Å²) in [6, 6.07) is 14.9. The molecule has 5 heteroatoms. The molecule has 0 aliphatic carbocycles. The number of pyridine rings is 1. The molecule has 0 atom stereocenters. The molecule has 3 aromatic rings. The van der Waals surface area contributed by atoms with E-state index in [0.29, 0.717) is 11.3 Å². The maximum atomic E-state index is 13.2. The number of nitrogens with zero attached hydrogens (tertiary/aromatic N) is 1. The highest BCUT2D eigenvalue weighted by molar-refractivity contribution is 5.93. The predicted molar refractivity (Wildman–Crippen MR) is 93.5 cm³/mol. The maximum absolute atomic E-state index is 13.2. The van der Waals surface area contributed by atoms with Gasteiger partial charge in [0, 0.05) is 17.4 Å². The molecule has 0 radical (unpaired) electrons. The van der Waals surface area contributed by atoms with Crippen LogP contribution in [-0.2, 0) is 4.74 Å². The summed E-state index contributed by atoms with van der Waals surface area (Å²) in [5, 5.41) is 0. The van der Waals surface area contributed by atoms with E-state index in [1.54, 1.807) is 13.1 Å². The second-order valence-corrected chi connectivity index (χ2v) is 5.55. The van der Waals surface area contributed by atoms with Gasteiger partial charge in [-0.3, -0.25) is 9.36 Å². The Labute approximate surface area is 144 Å². The molecule has 3 rings (SSSR count). The van der Waals surface area contributed by atoms with E-state index in [9.17, 15) is 14.0 Å². The maximum Gasteiger partial charge on any atom is 0.343 e. The molecule has 0 aliphatic rings. The van der Waals surface area contributed by atoms with Crippen molar-refractivity contribution in [3.8, 4) is 16.8 Å². The minimum absolute atomic E-state index is 0.0341. The minimum Gasteiger partial charge on any atom is -0.465 e. The van der Waals surface area contributed by atoms with Crippen molar-refractivity contribution in [2.24, 2.45) is 0 Å². The van der Waals surface area contributed by atoms with Crippen LogP contribution in [0.15, 0.2) is 65.6 Å². The van der Waals surface area contributed by atoms with E-state index >= 15 is 0 Å². The number of benzene rings is 2. The summed E-state index contributed by atoms with van der Waals surface area (Å²) in [7, 11) is 1.23. The Balaban J connectivity index is 2.34. The molecule has 0 spiro atoms. The Morgan fingerprint density at radius 1 is 1.04 bits per heavy atom. The second-order valence-electron chi connectivity index (χ2n) is 5.55. The van der Waals surface area contributed by atoms with Crippen LogP contribution < -0.4 is 5.56 Å². The average molecular weight is 337 g/mol. The first-order chi connectivity index (χ1) is 12.0. The Bertz CT molecular complexity index is 976. The van der Waals surface area contributed by atoms with E-state index in [0.717, 1.165) is 11.1 Å². The zero-order valence-electron chi connectivity index (χ0n) is 13.8. The molecule has 0 aliphatic heterocycles. The molecular weight excluding hydrogens is 321 g/mol. The quantitative estimate of drug-likeness (QED) is 0.684. The molecule has 0 N–H and O–H groups in total. The number of rotatable bonds is 3. The van der Waals surface area contributed by atoms with Gasteiger partial charge in [-0.15, -0.1) is 0 Å². The number of halogens is 1. The van der Waals surface area contributed by atoms with E-state index in [2.05, 4.69) is 0 Å². The Kier molecular flexibility index (Phi) is 4.48. The van der Waals surface area contributed by atoms with Crippen molar-refractivity contribution in [2.75, 3.05) is 7.11 Å². The van der Waals surface area contributed by atoms with Crippen molar-refractivity contribution in [1.82, 2.24) is 4.57 Å². The number of esters is 1. The first-order valence-electron chi connectivity index (χ1n) is 7.69. The number of carbonyl (C=O) groups is 1. The van der Waals surface area contributed by atoms with Crippen LogP contribution >= 0.6 is 0 Å². The van der Waals surface area contributed by atoms with Crippen LogP contribution in [0.4, 0.5) is 4.39 Å².